The second-order valence-electron chi connectivity index (χ2n) is 5.02. The van der Waals surface area contributed by atoms with Gasteiger partial charge in [0.05, 0.1) is 0 Å². The molecule has 0 bridgehead atoms. The lowest BCUT2D eigenvalue weighted by Gasteiger charge is -2.13. The summed E-state index contributed by atoms with van der Waals surface area (Å²) in [5.74, 6) is 6.80. The molecule has 0 aliphatic heterocycles. The van der Waals surface area contributed by atoms with E-state index in [-0.39, 0.29) is 0 Å². The second-order valence-corrected chi connectivity index (χ2v) is 5.02. The van der Waals surface area contributed by atoms with Crippen molar-refractivity contribution in [2.75, 3.05) is 12.0 Å². The smallest absolute Gasteiger partial charge is 0.119 e. The highest BCUT2D eigenvalue weighted by Gasteiger charge is 2.04. The molecule has 0 saturated carbocycles. The number of hydrogen-bond donors (Lipinski definition) is 2. The highest BCUT2D eigenvalue weighted by atomic mass is 16.5. The first-order chi connectivity index (χ1) is 11.7. The number of benzene rings is 1. The molecule has 1 aliphatic rings. The number of nitrogen functional groups attached to an aromatic ring is 1. The second kappa shape index (κ2) is 17.6. The van der Waals surface area contributed by atoms with Crippen molar-refractivity contribution in [2.24, 2.45) is 11.8 Å². The highest BCUT2D eigenvalue weighted by molar-refractivity contribution is 5.45. The summed E-state index contributed by atoms with van der Waals surface area (Å²) >= 11 is 0. The third-order valence-electron chi connectivity index (χ3n) is 2.82. The van der Waals surface area contributed by atoms with E-state index in [1.807, 2.05) is 52.0 Å². The van der Waals surface area contributed by atoms with E-state index in [1.165, 1.54) is 12.0 Å². The van der Waals surface area contributed by atoms with Crippen LogP contribution in [0.5, 0.6) is 5.75 Å². The minimum absolute atomic E-state index is 0.624. The van der Waals surface area contributed by atoms with Crippen molar-refractivity contribution in [3.05, 3.63) is 48.1 Å². The zero-order valence-corrected chi connectivity index (χ0v) is 16.7. The van der Waals surface area contributed by atoms with Crippen LogP contribution >= 0.6 is 0 Å². The van der Waals surface area contributed by atoms with Crippen molar-refractivity contribution in [3.63, 3.8) is 0 Å². The Labute approximate surface area is 150 Å². The van der Waals surface area contributed by atoms with E-state index < -0.39 is 0 Å². The lowest BCUT2D eigenvalue weighted by molar-refractivity contribution is 0.354. The number of nitrogens with one attached hydrogen (secondary N) is 1. The van der Waals surface area contributed by atoms with Gasteiger partial charge in [0.15, 0.2) is 0 Å². The summed E-state index contributed by atoms with van der Waals surface area (Å²) in [6.07, 6.45) is 8.95. The van der Waals surface area contributed by atoms with Crippen LogP contribution in [0, 0.1) is 5.92 Å². The summed E-state index contributed by atoms with van der Waals surface area (Å²) in [6.45, 7) is 15.1. The van der Waals surface area contributed by atoms with Gasteiger partial charge in [-0.1, -0.05) is 73.1 Å². The molecule has 138 valence electrons. The summed E-state index contributed by atoms with van der Waals surface area (Å²) in [6, 6.07) is 7.60. The van der Waals surface area contributed by atoms with Gasteiger partial charge in [0.2, 0.25) is 0 Å². The monoisotopic (exact) mass is 334 g/mol. The zero-order valence-electron chi connectivity index (χ0n) is 16.7. The molecule has 1 unspecified atom stereocenters. The molecule has 1 aromatic carbocycles. The SMILES string of the molecule is CC.CC.CC1C=CC(COc2ccc(NN)cc2)=CC1.CCC. The lowest BCUT2D eigenvalue weighted by atomic mass is 9.99. The maximum absolute atomic E-state index is 5.69. The first-order valence-corrected chi connectivity index (χ1v) is 9.26. The fourth-order valence-corrected chi connectivity index (χ4v) is 1.69. The Hall–Kier alpha value is -1.74. The van der Waals surface area contributed by atoms with Gasteiger partial charge in [-0.05, 0) is 42.2 Å². The molecule has 1 atom stereocenters. The van der Waals surface area contributed by atoms with Crippen molar-refractivity contribution in [1.29, 1.82) is 0 Å². The van der Waals surface area contributed by atoms with Gasteiger partial charge >= 0.3 is 0 Å². The van der Waals surface area contributed by atoms with E-state index in [0.29, 0.717) is 12.5 Å². The first kappa shape index (κ1) is 24.5. The fourth-order valence-electron chi connectivity index (χ4n) is 1.69. The average molecular weight is 335 g/mol. The molecule has 0 aromatic heterocycles. The van der Waals surface area contributed by atoms with Crippen LogP contribution in [0.25, 0.3) is 0 Å². The zero-order chi connectivity index (χ0) is 18.8. The molecule has 3 N–H and O–H groups in total. The summed E-state index contributed by atoms with van der Waals surface area (Å²) in [7, 11) is 0. The molecule has 2 rings (SSSR count). The van der Waals surface area contributed by atoms with Gasteiger partial charge in [-0.2, -0.15) is 0 Å². The van der Waals surface area contributed by atoms with E-state index in [1.54, 1.807) is 0 Å². The number of nitrogens with two attached hydrogens (primary N) is 1. The van der Waals surface area contributed by atoms with E-state index in [4.69, 9.17) is 10.6 Å². The molecule has 0 radical (unpaired) electrons. The maximum atomic E-state index is 5.69. The Morgan fingerprint density at radius 2 is 1.62 bits per heavy atom. The van der Waals surface area contributed by atoms with E-state index in [9.17, 15) is 0 Å². The Bertz CT molecular complexity index is 436. The van der Waals surface area contributed by atoms with Gasteiger partial charge in [-0.3, -0.25) is 5.84 Å². The minimum Gasteiger partial charge on any atom is -0.489 e. The number of rotatable bonds is 4. The van der Waals surface area contributed by atoms with Crippen molar-refractivity contribution in [2.45, 2.75) is 61.3 Å². The fraction of sp³-hybridized carbons (Fsp3) is 0.524. The predicted octanol–water partition coefficient (Wildman–Crippen LogP) is 6.34. The number of allylic oxidation sites excluding steroid dienone is 2. The topological polar surface area (TPSA) is 47.3 Å². The van der Waals surface area contributed by atoms with Crippen molar-refractivity contribution >= 4 is 5.69 Å². The standard InChI is InChI=1S/C14H18N2O.C3H8.2C2H6/c1-11-2-4-12(5-3-11)10-17-14-8-6-13(16-15)7-9-14;1-3-2;2*1-2/h2,4-9,11,16H,3,10,15H2,1H3;3H2,1-2H3;2*1-2H3. The van der Waals surface area contributed by atoms with Crippen LogP contribution in [0.2, 0.25) is 0 Å². The van der Waals surface area contributed by atoms with Crippen LogP contribution in [0.4, 0.5) is 5.69 Å². The van der Waals surface area contributed by atoms with Crippen molar-refractivity contribution < 1.29 is 4.74 Å². The maximum Gasteiger partial charge on any atom is 0.119 e. The molecular weight excluding hydrogens is 296 g/mol. The lowest BCUT2D eigenvalue weighted by Crippen LogP contribution is -2.06. The summed E-state index contributed by atoms with van der Waals surface area (Å²) < 4.78 is 5.69. The van der Waals surface area contributed by atoms with Gasteiger partial charge in [-0.15, -0.1) is 0 Å². The number of hydrazine groups is 1. The van der Waals surface area contributed by atoms with Gasteiger partial charge < -0.3 is 10.2 Å². The molecule has 1 aromatic rings. The van der Waals surface area contributed by atoms with Crippen molar-refractivity contribution in [1.82, 2.24) is 0 Å². The minimum atomic E-state index is 0.624. The largest absolute Gasteiger partial charge is 0.489 e. The van der Waals surface area contributed by atoms with Crippen LogP contribution < -0.4 is 16.0 Å². The van der Waals surface area contributed by atoms with Gasteiger partial charge in [0.25, 0.3) is 0 Å². The van der Waals surface area contributed by atoms with Gasteiger partial charge in [0, 0.05) is 5.69 Å². The highest BCUT2D eigenvalue weighted by Crippen LogP contribution is 2.18. The van der Waals surface area contributed by atoms with Crippen LogP contribution in [0.1, 0.15) is 61.3 Å². The Morgan fingerprint density at radius 3 is 2.04 bits per heavy atom. The van der Waals surface area contributed by atoms with E-state index in [2.05, 4.69) is 44.4 Å². The quantitative estimate of drug-likeness (QED) is 0.498. The molecule has 0 heterocycles. The average Bonchev–Trinajstić information content (AvgIpc) is 2.66. The molecular formula is C21H38N2O. The van der Waals surface area contributed by atoms with Gasteiger partial charge in [0.1, 0.15) is 12.4 Å². The molecule has 1 aliphatic carbocycles. The molecule has 3 heteroatoms. The summed E-state index contributed by atoms with van der Waals surface area (Å²) in [5.41, 5.74) is 4.70. The van der Waals surface area contributed by atoms with Gasteiger partial charge in [-0.25, -0.2) is 0 Å². The normalized spacial score (nSPS) is 14.5. The third-order valence-corrected chi connectivity index (χ3v) is 2.82. The first-order valence-electron chi connectivity index (χ1n) is 9.26. The van der Waals surface area contributed by atoms with Crippen LogP contribution in [0.3, 0.4) is 0 Å². The Kier molecular flexibility index (Phi) is 18.0. The summed E-state index contributed by atoms with van der Waals surface area (Å²) in [5, 5.41) is 0. The number of anilines is 1. The molecule has 24 heavy (non-hydrogen) atoms. The van der Waals surface area contributed by atoms with Crippen molar-refractivity contribution in [3.8, 4) is 5.75 Å². The van der Waals surface area contributed by atoms with E-state index in [0.717, 1.165) is 17.9 Å². The molecule has 3 nitrogen and oxygen atoms in total. The van der Waals surface area contributed by atoms with E-state index >= 15 is 0 Å². The molecule has 0 spiro atoms. The van der Waals surface area contributed by atoms with Crippen LogP contribution in [-0.4, -0.2) is 6.61 Å². The summed E-state index contributed by atoms with van der Waals surface area (Å²) in [4.78, 5) is 0. The number of hydrogen-bond acceptors (Lipinski definition) is 3. The van der Waals surface area contributed by atoms with Crippen LogP contribution in [-0.2, 0) is 0 Å². The third kappa shape index (κ3) is 11.8. The predicted molar refractivity (Wildman–Crippen MR) is 109 cm³/mol. The number of ether oxygens (including phenoxy) is 1. The molecule has 0 amide bonds. The van der Waals surface area contributed by atoms with Crippen LogP contribution in [0.15, 0.2) is 48.1 Å². The Balaban J connectivity index is 0. The Morgan fingerprint density at radius 1 is 1.08 bits per heavy atom. The molecule has 0 saturated heterocycles. The molecule has 0 fully saturated rings.